The van der Waals surface area contributed by atoms with Crippen molar-refractivity contribution in [2.24, 2.45) is 0 Å². The lowest BCUT2D eigenvalue weighted by Gasteiger charge is -2.29. The van der Waals surface area contributed by atoms with Gasteiger partial charge < -0.3 is 19.4 Å². The molecule has 0 saturated heterocycles. The Kier molecular flexibility index (Phi) is 7.68. The van der Waals surface area contributed by atoms with Gasteiger partial charge in [0.05, 0.1) is 6.26 Å². The minimum Gasteiger partial charge on any atom is -0.464 e. The van der Waals surface area contributed by atoms with Crippen LogP contribution in [0, 0.1) is 0 Å². The molecule has 2 heterocycles. The Morgan fingerprint density at radius 1 is 0.944 bits per heavy atom. The third kappa shape index (κ3) is 6.95. The van der Waals surface area contributed by atoms with Gasteiger partial charge in [0.25, 0.3) is 0 Å². The quantitative estimate of drug-likeness (QED) is 0.357. The number of rotatable bonds is 8. The van der Waals surface area contributed by atoms with E-state index in [4.69, 9.17) is 9.15 Å². The summed E-state index contributed by atoms with van der Waals surface area (Å²) in [5.41, 5.74) is 2.96. The van der Waals surface area contributed by atoms with Gasteiger partial charge in [0.15, 0.2) is 0 Å². The Bertz CT molecular complexity index is 1300. The summed E-state index contributed by atoms with van der Waals surface area (Å²) in [6, 6.07) is 20.4. The number of ether oxygens (including phenoxy) is 1. The Morgan fingerprint density at radius 2 is 1.67 bits per heavy atom. The maximum Gasteiger partial charge on any atom is 0.408 e. The topological polar surface area (TPSA) is 84.7 Å². The van der Waals surface area contributed by atoms with Gasteiger partial charge in [-0.25, -0.2) is 4.79 Å². The molecule has 36 heavy (non-hydrogen) atoms. The van der Waals surface area contributed by atoms with E-state index in [9.17, 15) is 9.59 Å². The normalized spacial score (nSPS) is 12.2. The molecule has 1 atom stereocenters. The molecule has 0 saturated carbocycles. The molecular formula is C29H31N3O4. The average Bonchev–Trinajstić information content (AvgIpc) is 3.31. The molecule has 1 N–H and O–H groups in total. The highest BCUT2D eigenvalue weighted by Gasteiger charge is 2.29. The molecule has 0 radical (unpaired) electrons. The standard InChI is InChI=1S/C29H31N3O4/c1-29(2,3)36-28(34)31-25(18-21-7-5-4-6-8-21)27(33)32(19-22-11-14-30-15-12-22)20-23-9-10-26-24(17-23)13-16-35-26/h4-17,25H,18-20H2,1-3H3,(H,31,34)/t25-/m1/s1. The van der Waals surface area contributed by atoms with Crippen LogP contribution in [0.3, 0.4) is 0 Å². The molecular weight excluding hydrogens is 454 g/mol. The second-order valence-electron chi connectivity index (χ2n) is 9.73. The highest BCUT2D eigenvalue weighted by Crippen LogP contribution is 2.20. The molecule has 0 aliphatic carbocycles. The first-order chi connectivity index (χ1) is 17.3. The fourth-order valence-electron chi connectivity index (χ4n) is 3.98. The van der Waals surface area contributed by atoms with Crippen molar-refractivity contribution in [1.29, 1.82) is 0 Å². The number of nitrogens with one attached hydrogen (secondary N) is 1. The predicted molar refractivity (Wildman–Crippen MR) is 138 cm³/mol. The van der Waals surface area contributed by atoms with Crippen molar-refractivity contribution in [3.05, 3.63) is 102 Å². The number of hydrogen-bond donors (Lipinski definition) is 1. The first kappa shape index (κ1) is 25.0. The largest absolute Gasteiger partial charge is 0.464 e. The maximum atomic E-state index is 14.0. The molecule has 0 fully saturated rings. The van der Waals surface area contributed by atoms with Crippen molar-refractivity contribution in [2.45, 2.75) is 51.9 Å². The van der Waals surface area contributed by atoms with Crippen LogP contribution in [0.2, 0.25) is 0 Å². The van der Waals surface area contributed by atoms with E-state index in [2.05, 4.69) is 10.3 Å². The number of carbonyl (C=O) groups excluding carboxylic acids is 2. The SMILES string of the molecule is CC(C)(C)OC(=O)N[C@H](Cc1ccccc1)C(=O)N(Cc1ccncc1)Cc1ccc2occc2c1. The summed E-state index contributed by atoms with van der Waals surface area (Å²) in [5, 5.41) is 3.79. The predicted octanol–water partition coefficient (Wildman–Crippen LogP) is 5.49. The number of pyridine rings is 1. The highest BCUT2D eigenvalue weighted by molar-refractivity contribution is 5.86. The monoisotopic (exact) mass is 485 g/mol. The van der Waals surface area contributed by atoms with E-state index < -0.39 is 17.7 Å². The van der Waals surface area contributed by atoms with Gasteiger partial charge in [0.1, 0.15) is 17.2 Å². The van der Waals surface area contributed by atoms with Gasteiger partial charge in [-0.05, 0) is 67.8 Å². The Morgan fingerprint density at radius 3 is 2.39 bits per heavy atom. The van der Waals surface area contributed by atoms with Crippen LogP contribution in [0.5, 0.6) is 0 Å². The van der Waals surface area contributed by atoms with Gasteiger partial charge in [0, 0.05) is 37.3 Å². The van der Waals surface area contributed by atoms with E-state index >= 15 is 0 Å². The molecule has 2 aromatic heterocycles. The van der Waals surface area contributed by atoms with Gasteiger partial charge in [0.2, 0.25) is 5.91 Å². The lowest BCUT2D eigenvalue weighted by atomic mass is 10.0. The van der Waals surface area contributed by atoms with Crippen molar-refractivity contribution in [3.63, 3.8) is 0 Å². The fourth-order valence-corrected chi connectivity index (χ4v) is 3.98. The zero-order chi connectivity index (χ0) is 25.5. The molecule has 0 spiro atoms. The summed E-state index contributed by atoms with van der Waals surface area (Å²) in [6.45, 7) is 6.11. The van der Waals surface area contributed by atoms with E-state index in [1.807, 2.05) is 66.7 Å². The molecule has 0 unspecified atom stereocenters. The average molecular weight is 486 g/mol. The summed E-state index contributed by atoms with van der Waals surface area (Å²) in [4.78, 5) is 32.5. The summed E-state index contributed by atoms with van der Waals surface area (Å²) in [6.07, 6.45) is 4.77. The summed E-state index contributed by atoms with van der Waals surface area (Å²) < 4.78 is 10.9. The van der Waals surface area contributed by atoms with Crippen LogP contribution in [0.4, 0.5) is 4.79 Å². The van der Waals surface area contributed by atoms with Gasteiger partial charge in [-0.15, -0.1) is 0 Å². The molecule has 7 nitrogen and oxygen atoms in total. The number of benzene rings is 2. The summed E-state index contributed by atoms with van der Waals surface area (Å²) in [7, 11) is 0. The number of aromatic nitrogens is 1. The Hall–Kier alpha value is -4.13. The van der Waals surface area contributed by atoms with E-state index in [0.29, 0.717) is 19.5 Å². The smallest absolute Gasteiger partial charge is 0.408 e. The first-order valence-corrected chi connectivity index (χ1v) is 11.9. The van der Waals surface area contributed by atoms with Crippen molar-refractivity contribution >= 4 is 23.0 Å². The van der Waals surface area contributed by atoms with Gasteiger partial charge in [-0.1, -0.05) is 36.4 Å². The Labute approximate surface area is 211 Å². The highest BCUT2D eigenvalue weighted by atomic mass is 16.6. The number of amides is 2. The molecule has 0 bridgehead atoms. The second kappa shape index (κ2) is 11.1. The van der Waals surface area contributed by atoms with E-state index in [1.54, 1.807) is 44.3 Å². The summed E-state index contributed by atoms with van der Waals surface area (Å²) in [5.74, 6) is -0.200. The van der Waals surface area contributed by atoms with Crippen LogP contribution >= 0.6 is 0 Å². The molecule has 0 aliphatic rings. The van der Waals surface area contributed by atoms with Crippen LogP contribution in [-0.2, 0) is 29.0 Å². The fraction of sp³-hybridized carbons (Fsp3) is 0.276. The number of furan rings is 1. The van der Waals surface area contributed by atoms with Crippen molar-refractivity contribution < 1.29 is 18.7 Å². The van der Waals surface area contributed by atoms with E-state index in [0.717, 1.165) is 27.7 Å². The lowest BCUT2D eigenvalue weighted by molar-refractivity contribution is -0.134. The molecule has 0 aliphatic heterocycles. The minimum atomic E-state index is -0.804. The third-order valence-corrected chi connectivity index (χ3v) is 5.60. The number of hydrogen-bond acceptors (Lipinski definition) is 5. The van der Waals surface area contributed by atoms with Gasteiger partial charge in [-0.2, -0.15) is 0 Å². The van der Waals surface area contributed by atoms with Crippen molar-refractivity contribution in [2.75, 3.05) is 0 Å². The number of fused-ring (bicyclic) bond motifs is 1. The maximum absolute atomic E-state index is 14.0. The van der Waals surface area contributed by atoms with Crippen molar-refractivity contribution in [3.8, 4) is 0 Å². The molecule has 7 heteroatoms. The second-order valence-corrected chi connectivity index (χ2v) is 9.73. The van der Waals surface area contributed by atoms with Crippen LogP contribution in [0.1, 0.15) is 37.5 Å². The van der Waals surface area contributed by atoms with Crippen LogP contribution in [0.15, 0.2) is 89.8 Å². The van der Waals surface area contributed by atoms with Crippen LogP contribution < -0.4 is 5.32 Å². The Balaban J connectivity index is 1.62. The van der Waals surface area contributed by atoms with Crippen molar-refractivity contribution in [1.82, 2.24) is 15.2 Å². The molecule has 2 amide bonds. The lowest BCUT2D eigenvalue weighted by Crippen LogP contribution is -2.50. The number of carbonyl (C=O) groups is 2. The van der Waals surface area contributed by atoms with Gasteiger partial charge in [-0.3, -0.25) is 9.78 Å². The first-order valence-electron chi connectivity index (χ1n) is 11.9. The summed E-state index contributed by atoms with van der Waals surface area (Å²) >= 11 is 0. The number of nitrogens with zero attached hydrogens (tertiary/aromatic N) is 2. The van der Waals surface area contributed by atoms with Gasteiger partial charge >= 0.3 is 6.09 Å². The van der Waals surface area contributed by atoms with Crippen LogP contribution in [0.25, 0.3) is 11.0 Å². The minimum absolute atomic E-state index is 0.200. The molecule has 2 aromatic carbocycles. The zero-order valence-corrected chi connectivity index (χ0v) is 20.8. The molecule has 4 rings (SSSR count). The zero-order valence-electron chi connectivity index (χ0n) is 20.8. The number of alkyl carbamates (subject to hydrolysis) is 1. The van der Waals surface area contributed by atoms with E-state index in [1.165, 1.54) is 0 Å². The molecule has 4 aromatic rings. The third-order valence-electron chi connectivity index (χ3n) is 5.60. The van der Waals surface area contributed by atoms with Crippen LogP contribution in [-0.4, -0.2) is 33.5 Å². The van der Waals surface area contributed by atoms with E-state index in [-0.39, 0.29) is 5.91 Å². The molecule has 186 valence electrons.